The first-order valence-corrected chi connectivity index (χ1v) is 6.87. The number of aliphatic hydroxyl groups is 1. The summed E-state index contributed by atoms with van der Waals surface area (Å²) >= 11 is 1.50. The topological polar surface area (TPSA) is 58.0 Å². The van der Waals surface area contributed by atoms with Crippen molar-refractivity contribution in [1.29, 1.82) is 0 Å². The van der Waals surface area contributed by atoms with E-state index in [1.54, 1.807) is 6.92 Å². The number of aromatic nitrogens is 2. The quantitative estimate of drug-likeness (QED) is 0.442. The van der Waals surface area contributed by atoms with Crippen molar-refractivity contribution in [2.75, 3.05) is 6.54 Å². The van der Waals surface area contributed by atoms with Crippen LogP contribution in [-0.2, 0) is 6.54 Å². The molecule has 0 bridgehead atoms. The predicted molar refractivity (Wildman–Crippen MR) is 71.0 cm³/mol. The highest BCUT2D eigenvalue weighted by molar-refractivity contribution is 7.99. The first-order valence-electron chi connectivity index (χ1n) is 5.99. The third-order valence-electron chi connectivity index (χ3n) is 2.41. The maximum absolute atomic E-state index is 9.39. The average Bonchev–Trinajstić information content (AvgIpc) is 2.31. The minimum atomic E-state index is -0.352. The number of thioether (sulfide) groups is 1. The van der Waals surface area contributed by atoms with Gasteiger partial charge in [-0.15, -0.1) is 0 Å². The summed E-state index contributed by atoms with van der Waals surface area (Å²) in [5, 5.41) is 13.5. The predicted octanol–water partition coefficient (Wildman–Crippen LogP) is 1.84. The lowest BCUT2D eigenvalue weighted by molar-refractivity contribution is 0.196. The van der Waals surface area contributed by atoms with Crippen LogP contribution in [-0.4, -0.2) is 33.0 Å². The largest absolute Gasteiger partial charge is 0.392 e. The number of nitrogens with zero attached hydrogens (tertiary/aromatic N) is 2. The molecule has 1 rings (SSSR count). The van der Waals surface area contributed by atoms with Crippen molar-refractivity contribution in [3.8, 4) is 0 Å². The Bertz CT molecular complexity index is 316. The Morgan fingerprint density at radius 2 is 2.00 bits per heavy atom. The summed E-state index contributed by atoms with van der Waals surface area (Å²) < 4.78 is 0. The van der Waals surface area contributed by atoms with Crippen molar-refractivity contribution >= 4 is 11.8 Å². The van der Waals surface area contributed by atoms with Crippen LogP contribution in [0.15, 0.2) is 17.6 Å². The first-order chi connectivity index (χ1) is 8.13. The van der Waals surface area contributed by atoms with Crippen molar-refractivity contribution < 1.29 is 5.11 Å². The van der Waals surface area contributed by atoms with Crippen LogP contribution < -0.4 is 5.32 Å². The first kappa shape index (κ1) is 14.4. The third-order valence-corrected chi connectivity index (χ3v) is 3.60. The molecule has 0 radical (unpaired) electrons. The fraction of sp³-hybridized carbons (Fsp3) is 0.667. The van der Waals surface area contributed by atoms with E-state index in [4.69, 9.17) is 0 Å². The molecule has 0 amide bonds. The van der Waals surface area contributed by atoms with E-state index in [0.717, 1.165) is 30.2 Å². The molecule has 2 unspecified atom stereocenters. The molecule has 17 heavy (non-hydrogen) atoms. The lowest BCUT2D eigenvalue weighted by atomic mass is 10.3. The van der Waals surface area contributed by atoms with Crippen LogP contribution in [0.2, 0.25) is 0 Å². The number of hydrogen-bond acceptors (Lipinski definition) is 5. The Balaban J connectivity index is 2.44. The second-order valence-corrected chi connectivity index (χ2v) is 5.46. The fourth-order valence-electron chi connectivity index (χ4n) is 1.17. The molecular formula is C12H21N3OS. The van der Waals surface area contributed by atoms with Crippen LogP contribution in [0.1, 0.15) is 32.8 Å². The van der Waals surface area contributed by atoms with E-state index in [1.807, 2.05) is 19.3 Å². The maximum Gasteiger partial charge on any atom is 0.187 e. The summed E-state index contributed by atoms with van der Waals surface area (Å²) in [4.78, 5) is 8.56. The number of aliphatic hydroxyl groups excluding tert-OH is 1. The summed E-state index contributed by atoms with van der Waals surface area (Å²) in [6.45, 7) is 7.71. The molecule has 96 valence electrons. The van der Waals surface area contributed by atoms with Gasteiger partial charge in [0.1, 0.15) is 0 Å². The molecule has 0 aromatic carbocycles. The zero-order valence-corrected chi connectivity index (χ0v) is 11.5. The Morgan fingerprint density at radius 1 is 1.35 bits per heavy atom. The molecule has 5 heteroatoms. The summed E-state index contributed by atoms with van der Waals surface area (Å²) in [6.07, 6.45) is 4.45. The fourth-order valence-corrected chi connectivity index (χ4v) is 1.93. The zero-order chi connectivity index (χ0) is 12.7. The van der Waals surface area contributed by atoms with Gasteiger partial charge in [-0.1, -0.05) is 25.6 Å². The minimum absolute atomic E-state index is 0.110. The monoisotopic (exact) mass is 255 g/mol. The highest BCUT2D eigenvalue weighted by Crippen LogP contribution is 2.21. The van der Waals surface area contributed by atoms with Gasteiger partial charge in [-0.25, -0.2) is 9.97 Å². The molecule has 4 nitrogen and oxygen atoms in total. The highest BCUT2D eigenvalue weighted by Gasteiger charge is 2.11. The van der Waals surface area contributed by atoms with Crippen molar-refractivity contribution in [3.63, 3.8) is 0 Å². The second-order valence-electron chi connectivity index (χ2n) is 4.11. The van der Waals surface area contributed by atoms with Crippen LogP contribution in [0.25, 0.3) is 0 Å². The van der Waals surface area contributed by atoms with Crippen LogP contribution in [0.3, 0.4) is 0 Å². The highest BCUT2D eigenvalue weighted by atomic mass is 32.2. The summed E-state index contributed by atoms with van der Waals surface area (Å²) in [5.74, 6) is 0. The Labute approximate surface area is 107 Å². The lowest BCUT2D eigenvalue weighted by Gasteiger charge is -2.12. The van der Waals surface area contributed by atoms with Crippen molar-refractivity contribution in [2.45, 2.75) is 50.2 Å². The Hall–Kier alpha value is -0.650. The van der Waals surface area contributed by atoms with E-state index in [-0.39, 0.29) is 11.4 Å². The standard InChI is InChI=1S/C12H21N3OS/c1-4-5-13-6-11-7-14-12(15-8-11)17-10(3)9(2)16/h7-10,13,16H,4-6H2,1-3H3. The normalized spacial score (nSPS) is 14.6. The van der Waals surface area contributed by atoms with Crippen molar-refractivity contribution in [3.05, 3.63) is 18.0 Å². The zero-order valence-electron chi connectivity index (χ0n) is 10.7. The van der Waals surface area contributed by atoms with E-state index in [0.29, 0.717) is 0 Å². The van der Waals surface area contributed by atoms with Gasteiger partial charge in [0.25, 0.3) is 0 Å². The molecule has 0 spiro atoms. The summed E-state index contributed by atoms with van der Waals surface area (Å²) in [5.41, 5.74) is 1.09. The van der Waals surface area contributed by atoms with Crippen LogP contribution in [0, 0.1) is 0 Å². The Morgan fingerprint density at radius 3 is 2.53 bits per heavy atom. The molecule has 2 N–H and O–H groups in total. The van der Waals surface area contributed by atoms with Gasteiger partial charge in [0.05, 0.1) is 6.10 Å². The third kappa shape index (κ3) is 5.48. The van der Waals surface area contributed by atoms with E-state index < -0.39 is 0 Å². The van der Waals surface area contributed by atoms with E-state index in [1.165, 1.54) is 11.8 Å². The van der Waals surface area contributed by atoms with Crippen molar-refractivity contribution in [1.82, 2.24) is 15.3 Å². The van der Waals surface area contributed by atoms with Gasteiger partial charge in [-0.3, -0.25) is 0 Å². The van der Waals surface area contributed by atoms with E-state index in [2.05, 4.69) is 22.2 Å². The molecule has 0 saturated heterocycles. The van der Waals surface area contributed by atoms with Crippen LogP contribution in [0.5, 0.6) is 0 Å². The van der Waals surface area contributed by atoms with Gasteiger partial charge in [-0.2, -0.15) is 0 Å². The summed E-state index contributed by atoms with van der Waals surface area (Å²) in [7, 11) is 0. The molecule has 0 aliphatic heterocycles. The van der Waals surface area contributed by atoms with Gasteiger partial charge >= 0.3 is 0 Å². The SMILES string of the molecule is CCCNCc1cnc(SC(C)C(C)O)nc1. The minimum Gasteiger partial charge on any atom is -0.392 e. The molecule has 2 atom stereocenters. The molecule has 1 heterocycles. The number of rotatable bonds is 7. The molecule has 0 aliphatic rings. The number of nitrogens with one attached hydrogen (secondary N) is 1. The van der Waals surface area contributed by atoms with E-state index >= 15 is 0 Å². The Kier molecular flexibility index (Phi) is 6.47. The molecular weight excluding hydrogens is 234 g/mol. The molecule has 1 aromatic rings. The molecule has 0 saturated carbocycles. The number of hydrogen-bond donors (Lipinski definition) is 2. The van der Waals surface area contributed by atoms with Gasteiger partial charge in [0.15, 0.2) is 5.16 Å². The van der Waals surface area contributed by atoms with Crippen molar-refractivity contribution in [2.24, 2.45) is 0 Å². The van der Waals surface area contributed by atoms with Gasteiger partial charge < -0.3 is 10.4 Å². The van der Waals surface area contributed by atoms with Gasteiger partial charge in [-0.05, 0) is 19.9 Å². The summed E-state index contributed by atoms with van der Waals surface area (Å²) in [6, 6.07) is 0. The molecule has 0 fully saturated rings. The molecule has 1 aromatic heterocycles. The van der Waals surface area contributed by atoms with E-state index in [9.17, 15) is 5.11 Å². The van der Waals surface area contributed by atoms with Gasteiger partial charge in [0.2, 0.25) is 0 Å². The average molecular weight is 255 g/mol. The van der Waals surface area contributed by atoms with Crippen LogP contribution in [0.4, 0.5) is 0 Å². The molecule has 0 aliphatic carbocycles. The van der Waals surface area contributed by atoms with Gasteiger partial charge in [0, 0.05) is 29.8 Å². The maximum atomic E-state index is 9.39. The smallest absolute Gasteiger partial charge is 0.187 e. The second kappa shape index (κ2) is 7.63. The van der Waals surface area contributed by atoms with Crippen LogP contribution >= 0.6 is 11.8 Å². The lowest BCUT2D eigenvalue weighted by Crippen LogP contribution is -2.16.